The van der Waals surface area contributed by atoms with E-state index in [1.54, 1.807) is 11.3 Å². The Morgan fingerprint density at radius 1 is 0.789 bits per heavy atom. The molecule has 2 aromatic carbocycles. The van der Waals surface area contributed by atoms with Crippen molar-refractivity contribution in [2.24, 2.45) is 0 Å². The number of ether oxygens (including phenoxy) is 1. The summed E-state index contributed by atoms with van der Waals surface area (Å²) in [5, 5.41) is 5.08. The van der Waals surface area contributed by atoms with Crippen LogP contribution < -0.4 is 14.6 Å². The third kappa shape index (κ3) is 11.8. The number of nitrogens with zero attached hydrogens (tertiary/aromatic N) is 1. The second-order valence-corrected chi connectivity index (χ2v) is 11.0. The van der Waals surface area contributed by atoms with Crippen LogP contribution in [0.25, 0.3) is 0 Å². The first-order chi connectivity index (χ1) is 18.8. The molecule has 0 aliphatic carbocycles. The number of nitrogens with one attached hydrogen (secondary N) is 1. The third-order valence-corrected chi connectivity index (χ3v) is 7.67. The fraction of sp³-hybridized carbons (Fsp3) is 0.515. The number of benzene rings is 2. The molecule has 0 saturated heterocycles. The van der Waals surface area contributed by atoms with Crippen molar-refractivity contribution in [1.82, 2.24) is 0 Å². The molecule has 3 rings (SSSR count). The molecule has 1 amide bonds. The summed E-state index contributed by atoms with van der Waals surface area (Å²) >= 11 is 1.67. The molecule has 38 heavy (non-hydrogen) atoms. The summed E-state index contributed by atoms with van der Waals surface area (Å²) in [6.07, 6.45) is 20.9. The maximum absolute atomic E-state index is 12.8. The number of amides is 1. The molecule has 0 radical (unpaired) electrons. The molecule has 1 N–H and O–H groups in total. The van der Waals surface area contributed by atoms with Crippen LogP contribution in [0.4, 0.5) is 5.69 Å². The van der Waals surface area contributed by atoms with Gasteiger partial charge in [0, 0.05) is 11.1 Å². The molecular formula is C33H47N2O2S+. The molecule has 0 unspecified atom stereocenters. The number of hydrogen-bond donors (Lipinski definition) is 1. The van der Waals surface area contributed by atoms with Crippen LogP contribution in [0.1, 0.15) is 113 Å². The average molecular weight is 536 g/mol. The minimum absolute atomic E-state index is 0.118. The molecule has 1 heterocycles. The lowest BCUT2D eigenvalue weighted by atomic mass is 10.0. The first kappa shape index (κ1) is 29.9. The summed E-state index contributed by atoms with van der Waals surface area (Å²) in [6, 6.07) is 15.5. The Hall–Kier alpha value is -2.66. The Kier molecular flexibility index (Phi) is 14.6. The van der Waals surface area contributed by atoms with Crippen LogP contribution in [0.15, 0.2) is 65.6 Å². The third-order valence-electron chi connectivity index (χ3n) is 7.00. The highest BCUT2D eigenvalue weighted by molar-refractivity contribution is 7.07. The van der Waals surface area contributed by atoms with Gasteiger partial charge >= 0.3 is 0 Å². The maximum atomic E-state index is 12.8. The van der Waals surface area contributed by atoms with Gasteiger partial charge in [-0.05, 0) is 30.7 Å². The smallest absolute Gasteiger partial charge is 0.255 e. The van der Waals surface area contributed by atoms with Gasteiger partial charge in [0.15, 0.2) is 12.7 Å². The highest BCUT2D eigenvalue weighted by Gasteiger charge is 2.11. The molecule has 4 nitrogen and oxygen atoms in total. The normalized spacial score (nSPS) is 11.0. The van der Waals surface area contributed by atoms with Crippen LogP contribution in [0.2, 0.25) is 0 Å². The van der Waals surface area contributed by atoms with E-state index < -0.39 is 0 Å². The molecule has 0 bridgehead atoms. The molecule has 206 valence electrons. The van der Waals surface area contributed by atoms with Crippen molar-refractivity contribution in [1.29, 1.82) is 0 Å². The minimum atomic E-state index is -0.118. The van der Waals surface area contributed by atoms with E-state index in [9.17, 15) is 4.79 Å². The lowest BCUT2D eigenvalue weighted by Crippen LogP contribution is -2.30. The Balaban J connectivity index is 1.27. The first-order valence-corrected chi connectivity index (χ1v) is 15.7. The van der Waals surface area contributed by atoms with Gasteiger partial charge in [0.25, 0.3) is 5.91 Å². The lowest BCUT2D eigenvalue weighted by molar-refractivity contribution is -0.683. The van der Waals surface area contributed by atoms with Crippen molar-refractivity contribution >= 4 is 22.9 Å². The number of para-hydroxylation sites is 2. The average Bonchev–Trinajstić information content (AvgIpc) is 3.45. The summed E-state index contributed by atoms with van der Waals surface area (Å²) in [5.74, 6) is 0.619. The molecule has 0 spiro atoms. The van der Waals surface area contributed by atoms with E-state index in [0.29, 0.717) is 12.2 Å². The number of rotatable bonds is 20. The number of thiazole rings is 1. The van der Waals surface area contributed by atoms with Gasteiger partial charge < -0.3 is 10.1 Å². The zero-order valence-corrected chi connectivity index (χ0v) is 24.2. The molecule has 1 aromatic heterocycles. The van der Waals surface area contributed by atoms with Crippen molar-refractivity contribution in [2.45, 2.75) is 103 Å². The van der Waals surface area contributed by atoms with E-state index in [1.807, 2.05) is 48.5 Å². The highest BCUT2D eigenvalue weighted by atomic mass is 32.1. The molecule has 0 atom stereocenters. The molecule has 3 aromatic rings. The van der Waals surface area contributed by atoms with Gasteiger partial charge in [-0.25, -0.2) is 0 Å². The maximum Gasteiger partial charge on any atom is 0.255 e. The van der Waals surface area contributed by atoms with Crippen molar-refractivity contribution < 1.29 is 14.1 Å². The van der Waals surface area contributed by atoms with Gasteiger partial charge in [0.2, 0.25) is 5.51 Å². The predicted molar refractivity (Wildman–Crippen MR) is 160 cm³/mol. The molecule has 0 aliphatic rings. The second-order valence-electron chi connectivity index (χ2n) is 10.3. The van der Waals surface area contributed by atoms with Crippen LogP contribution in [0.5, 0.6) is 5.75 Å². The Bertz CT molecular complexity index is 1020. The number of hydrogen-bond acceptors (Lipinski definition) is 3. The Labute approximate surface area is 234 Å². The number of carbonyl (C=O) groups excluding carboxylic acids is 1. The topological polar surface area (TPSA) is 42.2 Å². The molecular weight excluding hydrogens is 488 g/mol. The zero-order chi connectivity index (χ0) is 26.7. The summed E-state index contributed by atoms with van der Waals surface area (Å²) < 4.78 is 8.17. The number of aromatic nitrogens is 1. The summed E-state index contributed by atoms with van der Waals surface area (Å²) in [6.45, 7) is 3.77. The standard InChI is InChI=1S/C33H46N2O2S/c1-2-3-4-5-6-7-8-9-10-11-12-13-14-17-25-37-32-19-16-15-18-31(32)34-33(36)30-22-20-29(21-23-30)27-35-24-26-38-28-35/h15-16,18-24,26,28H,2-14,17,25,27H2,1H3/p+1. The number of carbonyl (C=O) groups is 1. The largest absolute Gasteiger partial charge is 0.491 e. The van der Waals surface area contributed by atoms with Crippen LogP contribution in [-0.4, -0.2) is 12.5 Å². The van der Waals surface area contributed by atoms with E-state index in [2.05, 4.69) is 33.9 Å². The van der Waals surface area contributed by atoms with Gasteiger partial charge in [-0.2, -0.15) is 4.57 Å². The highest BCUT2D eigenvalue weighted by Crippen LogP contribution is 2.25. The summed E-state index contributed by atoms with van der Waals surface area (Å²) in [5.41, 5.74) is 4.62. The van der Waals surface area contributed by atoms with E-state index in [1.165, 1.54) is 89.0 Å². The van der Waals surface area contributed by atoms with Crippen LogP contribution in [0.3, 0.4) is 0 Å². The van der Waals surface area contributed by atoms with Crippen LogP contribution in [0, 0.1) is 0 Å². The molecule has 0 saturated carbocycles. The van der Waals surface area contributed by atoms with Crippen LogP contribution in [-0.2, 0) is 6.54 Å². The van der Waals surface area contributed by atoms with E-state index in [4.69, 9.17) is 4.74 Å². The van der Waals surface area contributed by atoms with E-state index in [-0.39, 0.29) is 5.91 Å². The van der Waals surface area contributed by atoms with Gasteiger partial charge in [-0.3, -0.25) is 4.79 Å². The summed E-state index contributed by atoms with van der Waals surface area (Å²) in [4.78, 5) is 12.8. The van der Waals surface area contributed by atoms with Crippen molar-refractivity contribution in [3.63, 3.8) is 0 Å². The minimum Gasteiger partial charge on any atom is -0.491 e. The zero-order valence-electron chi connectivity index (χ0n) is 23.3. The van der Waals surface area contributed by atoms with Gasteiger partial charge in [0.1, 0.15) is 5.75 Å². The van der Waals surface area contributed by atoms with E-state index in [0.717, 1.165) is 24.4 Å². The van der Waals surface area contributed by atoms with Crippen molar-refractivity contribution in [3.05, 3.63) is 76.7 Å². The monoisotopic (exact) mass is 535 g/mol. The number of unbranched alkanes of at least 4 members (excludes halogenated alkanes) is 13. The lowest BCUT2D eigenvalue weighted by Gasteiger charge is -2.12. The fourth-order valence-electron chi connectivity index (χ4n) is 4.69. The predicted octanol–water partition coefficient (Wildman–Crippen LogP) is 9.20. The molecule has 5 heteroatoms. The number of anilines is 1. The van der Waals surface area contributed by atoms with Crippen molar-refractivity contribution in [3.8, 4) is 5.75 Å². The first-order valence-electron chi connectivity index (χ1n) is 14.8. The second kappa shape index (κ2) is 18.6. The Morgan fingerprint density at radius 3 is 2.00 bits per heavy atom. The SMILES string of the molecule is CCCCCCCCCCCCCCCCOc1ccccc1NC(=O)c1ccc(C[n+]2ccsc2)cc1. The Morgan fingerprint density at radius 2 is 1.39 bits per heavy atom. The van der Waals surface area contributed by atoms with Gasteiger partial charge in [-0.1, -0.05) is 126 Å². The fourth-order valence-corrected chi connectivity index (χ4v) is 5.29. The van der Waals surface area contributed by atoms with Gasteiger partial charge in [0.05, 0.1) is 17.7 Å². The van der Waals surface area contributed by atoms with Gasteiger partial charge in [-0.15, -0.1) is 0 Å². The van der Waals surface area contributed by atoms with Crippen molar-refractivity contribution in [2.75, 3.05) is 11.9 Å². The molecule has 0 fully saturated rings. The quantitative estimate of drug-likeness (QED) is 0.116. The van der Waals surface area contributed by atoms with Crippen LogP contribution >= 0.6 is 11.3 Å². The molecule has 0 aliphatic heterocycles. The van der Waals surface area contributed by atoms with E-state index >= 15 is 0 Å². The summed E-state index contributed by atoms with van der Waals surface area (Å²) in [7, 11) is 0.